The smallest absolute Gasteiger partial charge is 0.292 e. The van der Waals surface area contributed by atoms with Crippen LogP contribution in [0.25, 0.3) is 0 Å². The number of rotatable bonds is 6. The van der Waals surface area contributed by atoms with Crippen LogP contribution in [0, 0.1) is 17.0 Å². The number of nitrogens with zero attached hydrogens (tertiary/aromatic N) is 2. The summed E-state index contributed by atoms with van der Waals surface area (Å²) in [7, 11) is 1.84. The van der Waals surface area contributed by atoms with Crippen LogP contribution in [0.4, 0.5) is 11.4 Å². The molecule has 17 heavy (non-hydrogen) atoms. The summed E-state index contributed by atoms with van der Waals surface area (Å²) in [5.41, 5.74) is 1.71. The highest BCUT2D eigenvalue weighted by Crippen LogP contribution is 2.30. The van der Waals surface area contributed by atoms with Crippen molar-refractivity contribution in [1.82, 2.24) is 0 Å². The van der Waals surface area contributed by atoms with E-state index >= 15 is 0 Å². The third-order valence-corrected chi connectivity index (χ3v) is 2.57. The van der Waals surface area contributed by atoms with Crippen molar-refractivity contribution in [2.75, 3.05) is 31.7 Å². The highest BCUT2D eigenvalue weighted by Gasteiger charge is 2.18. The van der Waals surface area contributed by atoms with Gasteiger partial charge in [0.05, 0.1) is 11.5 Å². The van der Waals surface area contributed by atoms with Crippen LogP contribution in [0.1, 0.15) is 12.5 Å². The molecule has 0 aliphatic rings. The predicted octanol–water partition coefficient (Wildman–Crippen LogP) is 2.38. The highest BCUT2D eigenvalue weighted by molar-refractivity contribution is 5.67. The van der Waals surface area contributed by atoms with Gasteiger partial charge in [0.25, 0.3) is 5.69 Å². The van der Waals surface area contributed by atoms with Gasteiger partial charge in [-0.1, -0.05) is 12.1 Å². The molecule has 0 fully saturated rings. The number of para-hydroxylation sites is 1. The van der Waals surface area contributed by atoms with Crippen LogP contribution >= 0.6 is 0 Å². The van der Waals surface area contributed by atoms with Crippen LogP contribution < -0.4 is 4.90 Å². The molecule has 0 saturated heterocycles. The Morgan fingerprint density at radius 3 is 2.76 bits per heavy atom. The minimum Gasteiger partial charge on any atom is -0.380 e. The summed E-state index contributed by atoms with van der Waals surface area (Å²) in [5, 5.41) is 11.0. The van der Waals surface area contributed by atoms with Crippen LogP contribution in [0.2, 0.25) is 0 Å². The number of benzene rings is 1. The van der Waals surface area contributed by atoms with E-state index in [4.69, 9.17) is 4.74 Å². The molecular weight excluding hydrogens is 220 g/mol. The normalized spacial score (nSPS) is 10.3. The minimum absolute atomic E-state index is 0.143. The second-order valence-corrected chi connectivity index (χ2v) is 3.82. The second-order valence-electron chi connectivity index (χ2n) is 3.82. The van der Waals surface area contributed by atoms with Gasteiger partial charge in [-0.2, -0.15) is 0 Å². The molecule has 0 amide bonds. The fourth-order valence-corrected chi connectivity index (χ4v) is 1.75. The first-order chi connectivity index (χ1) is 8.07. The van der Waals surface area contributed by atoms with Crippen molar-refractivity contribution in [2.24, 2.45) is 0 Å². The molecular formula is C12H18N2O3. The average molecular weight is 238 g/mol. The summed E-state index contributed by atoms with van der Waals surface area (Å²) in [6, 6.07) is 5.10. The molecule has 0 N–H and O–H groups in total. The van der Waals surface area contributed by atoms with Gasteiger partial charge in [-0.3, -0.25) is 10.1 Å². The summed E-state index contributed by atoms with van der Waals surface area (Å²) in [6.07, 6.45) is 0. The van der Waals surface area contributed by atoms with Crippen molar-refractivity contribution in [3.05, 3.63) is 33.9 Å². The van der Waals surface area contributed by atoms with Crippen LogP contribution in [-0.4, -0.2) is 31.7 Å². The topological polar surface area (TPSA) is 55.6 Å². The number of anilines is 1. The lowest BCUT2D eigenvalue weighted by molar-refractivity contribution is -0.384. The average Bonchev–Trinajstić information content (AvgIpc) is 2.28. The summed E-state index contributed by atoms with van der Waals surface area (Å²) in [4.78, 5) is 12.5. The maximum absolute atomic E-state index is 11.0. The van der Waals surface area contributed by atoms with Crippen LogP contribution in [0.3, 0.4) is 0 Å². The monoisotopic (exact) mass is 238 g/mol. The number of nitro groups is 1. The first kappa shape index (κ1) is 13.4. The van der Waals surface area contributed by atoms with Gasteiger partial charge in [0, 0.05) is 26.3 Å². The largest absolute Gasteiger partial charge is 0.380 e. The van der Waals surface area contributed by atoms with Crippen molar-refractivity contribution < 1.29 is 9.66 Å². The lowest BCUT2D eigenvalue weighted by atomic mass is 10.1. The Kier molecular flexibility index (Phi) is 4.90. The fourth-order valence-electron chi connectivity index (χ4n) is 1.75. The number of aryl methyl sites for hydroxylation is 1. The molecule has 0 aromatic heterocycles. The van der Waals surface area contributed by atoms with Crippen molar-refractivity contribution in [2.45, 2.75) is 13.8 Å². The highest BCUT2D eigenvalue weighted by atomic mass is 16.6. The van der Waals surface area contributed by atoms with Crippen LogP contribution in [0.15, 0.2) is 18.2 Å². The van der Waals surface area contributed by atoms with Gasteiger partial charge in [-0.05, 0) is 19.4 Å². The molecule has 5 heteroatoms. The summed E-state index contributed by atoms with van der Waals surface area (Å²) < 4.78 is 5.25. The predicted molar refractivity (Wildman–Crippen MR) is 67.6 cm³/mol. The Balaban J connectivity index is 2.90. The molecule has 0 saturated carbocycles. The number of likely N-dealkylation sites (N-methyl/N-ethyl adjacent to an activating group) is 1. The number of hydrogen-bond acceptors (Lipinski definition) is 4. The van der Waals surface area contributed by atoms with Gasteiger partial charge in [0.2, 0.25) is 0 Å². The Labute approximate surface area is 101 Å². The zero-order valence-corrected chi connectivity index (χ0v) is 10.5. The van der Waals surface area contributed by atoms with Gasteiger partial charge >= 0.3 is 0 Å². The zero-order valence-electron chi connectivity index (χ0n) is 10.5. The molecule has 0 atom stereocenters. The standard InChI is InChI=1S/C12H18N2O3/c1-4-17-9-8-13(3)12-10(2)6-5-7-11(12)14(15)16/h5-7H,4,8-9H2,1-3H3. The van der Waals surface area contributed by atoms with E-state index < -0.39 is 0 Å². The van der Waals surface area contributed by atoms with E-state index in [0.717, 1.165) is 5.56 Å². The van der Waals surface area contributed by atoms with E-state index in [-0.39, 0.29) is 10.6 Å². The summed E-state index contributed by atoms with van der Waals surface area (Å²) >= 11 is 0. The van der Waals surface area contributed by atoms with Gasteiger partial charge in [-0.15, -0.1) is 0 Å². The van der Waals surface area contributed by atoms with E-state index in [1.165, 1.54) is 6.07 Å². The quantitative estimate of drug-likeness (QED) is 0.434. The van der Waals surface area contributed by atoms with E-state index in [1.54, 1.807) is 6.07 Å². The molecule has 5 nitrogen and oxygen atoms in total. The fraction of sp³-hybridized carbons (Fsp3) is 0.500. The first-order valence-electron chi connectivity index (χ1n) is 5.60. The molecule has 1 aromatic rings. The molecule has 1 aromatic carbocycles. The SMILES string of the molecule is CCOCCN(C)c1c(C)cccc1[N+](=O)[O-]. The van der Waals surface area contributed by atoms with E-state index in [2.05, 4.69) is 0 Å². The van der Waals surface area contributed by atoms with Gasteiger partial charge in [0.1, 0.15) is 5.69 Å². The van der Waals surface area contributed by atoms with Crippen molar-refractivity contribution in [1.29, 1.82) is 0 Å². The second kappa shape index (κ2) is 6.20. The zero-order chi connectivity index (χ0) is 12.8. The van der Waals surface area contributed by atoms with E-state index in [1.807, 2.05) is 31.9 Å². The minimum atomic E-state index is -0.348. The van der Waals surface area contributed by atoms with E-state index in [0.29, 0.717) is 25.4 Å². The molecule has 0 bridgehead atoms. The third-order valence-electron chi connectivity index (χ3n) is 2.57. The van der Waals surface area contributed by atoms with Crippen molar-refractivity contribution in [3.63, 3.8) is 0 Å². The maximum atomic E-state index is 11.0. The lowest BCUT2D eigenvalue weighted by Crippen LogP contribution is -2.24. The van der Waals surface area contributed by atoms with Crippen molar-refractivity contribution >= 4 is 11.4 Å². The molecule has 0 spiro atoms. The van der Waals surface area contributed by atoms with Gasteiger partial charge in [-0.25, -0.2) is 0 Å². The number of hydrogen-bond donors (Lipinski definition) is 0. The lowest BCUT2D eigenvalue weighted by Gasteiger charge is -2.20. The van der Waals surface area contributed by atoms with E-state index in [9.17, 15) is 10.1 Å². The Bertz CT molecular complexity index is 393. The third kappa shape index (κ3) is 3.42. The molecule has 0 aliphatic heterocycles. The number of nitro benzene ring substituents is 1. The maximum Gasteiger partial charge on any atom is 0.292 e. The van der Waals surface area contributed by atoms with Crippen LogP contribution in [-0.2, 0) is 4.74 Å². The summed E-state index contributed by atoms with van der Waals surface area (Å²) in [6.45, 7) is 5.66. The number of ether oxygens (including phenoxy) is 1. The summed E-state index contributed by atoms with van der Waals surface area (Å²) in [5.74, 6) is 0. The molecule has 1 rings (SSSR count). The van der Waals surface area contributed by atoms with Crippen LogP contribution in [0.5, 0.6) is 0 Å². The first-order valence-corrected chi connectivity index (χ1v) is 5.60. The van der Waals surface area contributed by atoms with Gasteiger partial charge < -0.3 is 9.64 Å². The van der Waals surface area contributed by atoms with Gasteiger partial charge in [0.15, 0.2) is 0 Å². The molecule has 0 unspecified atom stereocenters. The Morgan fingerprint density at radius 1 is 1.47 bits per heavy atom. The molecule has 0 aliphatic carbocycles. The Hall–Kier alpha value is -1.62. The molecule has 0 heterocycles. The van der Waals surface area contributed by atoms with Crippen molar-refractivity contribution in [3.8, 4) is 0 Å². The molecule has 0 radical (unpaired) electrons. The Morgan fingerprint density at radius 2 is 2.18 bits per heavy atom. The molecule has 94 valence electrons.